The zero-order chi connectivity index (χ0) is 19.3. The Kier molecular flexibility index (Phi) is 5.58. The standard InChI is InChI=1S/C24H27N3O/c1-3-26-14-16-27(17-15-26)24-22-10-6-4-9-20(22)18-21(25-24)13-12-19-8-5-7-11-23(19)28-2/h4-13,18H,3,14-17H2,1-2H3. The van der Waals surface area contributed by atoms with Crippen LogP contribution in [-0.2, 0) is 0 Å². The summed E-state index contributed by atoms with van der Waals surface area (Å²) < 4.78 is 5.46. The molecule has 4 nitrogen and oxygen atoms in total. The van der Waals surface area contributed by atoms with Gasteiger partial charge in [-0.05, 0) is 36.2 Å². The smallest absolute Gasteiger partial charge is 0.137 e. The molecule has 3 aromatic rings. The summed E-state index contributed by atoms with van der Waals surface area (Å²) >= 11 is 0. The number of fused-ring (bicyclic) bond motifs is 1. The fourth-order valence-corrected chi connectivity index (χ4v) is 3.78. The van der Waals surface area contributed by atoms with E-state index in [9.17, 15) is 0 Å². The average molecular weight is 374 g/mol. The highest BCUT2D eigenvalue weighted by atomic mass is 16.5. The second kappa shape index (κ2) is 8.44. The second-order valence-electron chi connectivity index (χ2n) is 7.09. The fraction of sp³-hybridized carbons (Fsp3) is 0.292. The number of methoxy groups -OCH3 is 1. The predicted molar refractivity (Wildman–Crippen MR) is 118 cm³/mol. The second-order valence-corrected chi connectivity index (χ2v) is 7.09. The maximum Gasteiger partial charge on any atom is 0.137 e. The summed E-state index contributed by atoms with van der Waals surface area (Å²) in [6.45, 7) is 7.56. The largest absolute Gasteiger partial charge is 0.496 e. The summed E-state index contributed by atoms with van der Waals surface area (Å²) in [5.74, 6) is 1.96. The van der Waals surface area contributed by atoms with Crippen LogP contribution in [0.25, 0.3) is 22.9 Å². The fourth-order valence-electron chi connectivity index (χ4n) is 3.78. The normalized spacial score (nSPS) is 15.4. The summed E-state index contributed by atoms with van der Waals surface area (Å²) in [6, 6.07) is 18.7. The van der Waals surface area contributed by atoms with Crippen molar-refractivity contribution in [2.45, 2.75) is 6.92 Å². The van der Waals surface area contributed by atoms with E-state index < -0.39 is 0 Å². The van der Waals surface area contributed by atoms with E-state index in [1.54, 1.807) is 7.11 Å². The number of likely N-dealkylation sites (N-methyl/N-ethyl adjacent to an activating group) is 1. The van der Waals surface area contributed by atoms with Gasteiger partial charge < -0.3 is 14.5 Å². The summed E-state index contributed by atoms with van der Waals surface area (Å²) in [6.07, 6.45) is 4.16. The van der Waals surface area contributed by atoms with Gasteiger partial charge in [-0.1, -0.05) is 49.4 Å². The lowest BCUT2D eigenvalue weighted by atomic mass is 10.1. The van der Waals surface area contributed by atoms with Crippen molar-refractivity contribution < 1.29 is 4.74 Å². The van der Waals surface area contributed by atoms with E-state index in [4.69, 9.17) is 9.72 Å². The van der Waals surface area contributed by atoms with Crippen molar-refractivity contribution in [1.29, 1.82) is 0 Å². The summed E-state index contributed by atoms with van der Waals surface area (Å²) in [4.78, 5) is 9.94. The van der Waals surface area contributed by atoms with Crippen LogP contribution in [-0.4, -0.2) is 49.7 Å². The number of aromatic nitrogens is 1. The zero-order valence-electron chi connectivity index (χ0n) is 16.6. The molecule has 1 aliphatic heterocycles. The number of para-hydroxylation sites is 1. The highest BCUT2D eigenvalue weighted by molar-refractivity contribution is 5.94. The summed E-state index contributed by atoms with van der Waals surface area (Å²) in [5.41, 5.74) is 2.02. The van der Waals surface area contributed by atoms with Crippen LogP contribution in [0.15, 0.2) is 54.6 Å². The molecular formula is C24H27N3O. The van der Waals surface area contributed by atoms with Crippen LogP contribution in [0.5, 0.6) is 5.75 Å². The van der Waals surface area contributed by atoms with E-state index >= 15 is 0 Å². The summed E-state index contributed by atoms with van der Waals surface area (Å²) in [7, 11) is 1.70. The maximum atomic E-state index is 5.46. The van der Waals surface area contributed by atoms with E-state index in [-0.39, 0.29) is 0 Å². The topological polar surface area (TPSA) is 28.6 Å². The van der Waals surface area contributed by atoms with Gasteiger partial charge in [-0.2, -0.15) is 0 Å². The Hall–Kier alpha value is -2.85. The Morgan fingerprint density at radius 1 is 0.964 bits per heavy atom. The van der Waals surface area contributed by atoms with Gasteiger partial charge in [0.2, 0.25) is 0 Å². The van der Waals surface area contributed by atoms with E-state index in [2.05, 4.69) is 65.3 Å². The van der Waals surface area contributed by atoms with E-state index in [0.717, 1.165) is 55.5 Å². The minimum atomic E-state index is 0.871. The third-order valence-corrected chi connectivity index (χ3v) is 5.43. The zero-order valence-corrected chi connectivity index (χ0v) is 16.6. The van der Waals surface area contributed by atoms with Gasteiger partial charge in [-0.25, -0.2) is 4.98 Å². The van der Waals surface area contributed by atoms with Crippen LogP contribution in [0.4, 0.5) is 5.82 Å². The van der Waals surface area contributed by atoms with Crippen LogP contribution in [0.3, 0.4) is 0 Å². The number of benzene rings is 2. The molecular weight excluding hydrogens is 346 g/mol. The Labute approximate surface area is 167 Å². The van der Waals surface area contributed by atoms with Crippen molar-refractivity contribution >= 4 is 28.7 Å². The molecule has 0 radical (unpaired) electrons. The Morgan fingerprint density at radius 3 is 2.50 bits per heavy atom. The highest BCUT2D eigenvalue weighted by Gasteiger charge is 2.19. The van der Waals surface area contributed by atoms with Crippen molar-refractivity contribution in [2.24, 2.45) is 0 Å². The van der Waals surface area contributed by atoms with Crippen molar-refractivity contribution in [1.82, 2.24) is 9.88 Å². The number of hydrogen-bond donors (Lipinski definition) is 0. The molecule has 0 amide bonds. The first-order valence-electron chi connectivity index (χ1n) is 9.96. The number of rotatable bonds is 5. The maximum absolute atomic E-state index is 5.46. The molecule has 4 rings (SSSR count). The molecule has 0 bridgehead atoms. The van der Waals surface area contributed by atoms with Crippen molar-refractivity contribution in [3.63, 3.8) is 0 Å². The average Bonchev–Trinajstić information content (AvgIpc) is 2.77. The third-order valence-electron chi connectivity index (χ3n) is 5.43. The van der Waals surface area contributed by atoms with Crippen LogP contribution >= 0.6 is 0 Å². The van der Waals surface area contributed by atoms with Gasteiger partial charge in [-0.15, -0.1) is 0 Å². The number of ether oxygens (including phenoxy) is 1. The summed E-state index contributed by atoms with van der Waals surface area (Å²) in [5, 5.41) is 2.45. The van der Waals surface area contributed by atoms with Crippen molar-refractivity contribution in [3.05, 3.63) is 65.9 Å². The molecule has 4 heteroatoms. The number of pyridine rings is 1. The minimum Gasteiger partial charge on any atom is -0.496 e. The molecule has 0 unspecified atom stereocenters. The van der Waals surface area contributed by atoms with Gasteiger partial charge in [0.15, 0.2) is 0 Å². The van der Waals surface area contributed by atoms with Gasteiger partial charge in [0.25, 0.3) is 0 Å². The molecule has 0 aliphatic carbocycles. The SMILES string of the molecule is CCN1CCN(c2nc(C=Cc3ccccc3OC)cc3ccccc23)CC1. The molecule has 0 saturated carbocycles. The first-order chi connectivity index (χ1) is 13.8. The minimum absolute atomic E-state index is 0.871. The third kappa shape index (κ3) is 3.87. The molecule has 28 heavy (non-hydrogen) atoms. The molecule has 1 fully saturated rings. The quantitative estimate of drug-likeness (QED) is 0.656. The Bertz CT molecular complexity index is 975. The van der Waals surface area contributed by atoms with Crippen LogP contribution in [0.1, 0.15) is 18.2 Å². The van der Waals surface area contributed by atoms with Gasteiger partial charge in [-0.3, -0.25) is 0 Å². The van der Waals surface area contributed by atoms with Crippen molar-refractivity contribution in [3.8, 4) is 5.75 Å². The van der Waals surface area contributed by atoms with Gasteiger partial charge >= 0.3 is 0 Å². The molecule has 1 saturated heterocycles. The first-order valence-corrected chi connectivity index (χ1v) is 9.96. The number of nitrogens with zero attached hydrogens (tertiary/aromatic N) is 3. The van der Waals surface area contributed by atoms with Gasteiger partial charge in [0.1, 0.15) is 11.6 Å². The van der Waals surface area contributed by atoms with E-state index in [0.29, 0.717) is 0 Å². The van der Waals surface area contributed by atoms with E-state index in [1.807, 2.05) is 18.2 Å². The lowest BCUT2D eigenvalue weighted by Gasteiger charge is -2.35. The molecule has 144 valence electrons. The highest BCUT2D eigenvalue weighted by Crippen LogP contribution is 2.28. The molecule has 0 atom stereocenters. The molecule has 1 aliphatic rings. The monoisotopic (exact) mass is 373 g/mol. The van der Waals surface area contributed by atoms with Crippen LogP contribution in [0, 0.1) is 0 Å². The Morgan fingerprint density at radius 2 is 1.71 bits per heavy atom. The van der Waals surface area contributed by atoms with Gasteiger partial charge in [0, 0.05) is 37.1 Å². The molecule has 2 heterocycles. The first kappa shape index (κ1) is 18.5. The van der Waals surface area contributed by atoms with Crippen molar-refractivity contribution in [2.75, 3.05) is 44.7 Å². The van der Waals surface area contributed by atoms with Crippen LogP contribution in [0.2, 0.25) is 0 Å². The lowest BCUT2D eigenvalue weighted by molar-refractivity contribution is 0.271. The van der Waals surface area contributed by atoms with E-state index in [1.165, 1.54) is 10.8 Å². The number of hydrogen-bond acceptors (Lipinski definition) is 4. The molecule has 0 spiro atoms. The lowest BCUT2D eigenvalue weighted by Crippen LogP contribution is -2.46. The molecule has 2 aromatic carbocycles. The molecule has 1 aromatic heterocycles. The molecule has 0 N–H and O–H groups in total. The predicted octanol–water partition coefficient (Wildman–Crippen LogP) is 4.56. The Balaban J connectivity index is 1.69. The van der Waals surface area contributed by atoms with Gasteiger partial charge in [0.05, 0.1) is 12.8 Å². The number of piperazine rings is 1. The van der Waals surface area contributed by atoms with Crippen LogP contribution < -0.4 is 9.64 Å². The number of anilines is 1.